The van der Waals surface area contributed by atoms with E-state index in [1.165, 1.54) is 34.3 Å². The third-order valence-corrected chi connectivity index (χ3v) is 18.2. The third kappa shape index (κ3) is 12.8. The number of hydrogen-bond donors (Lipinski definition) is 1. The molecule has 14 nitrogen and oxygen atoms in total. The van der Waals surface area contributed by atoms with Crippen LogP contribution in [-0.2, 0) is 33.1 Å². The molecule has 6 aromatic rings. The summed E-state index contributed by atoms with van der Waals surface area (Å²) in [5.41, 5.74) is 4.54. The summed E-state index contributed by atoms with van der Waals surface area (Å²) < 4.78 is 119. The van der Waals surface area contributed by atoms with E-state index in [0.717, 1.165) is 30.1 Å². The average molecular weight is 1040 g/mol. The molecule has 4 aromatic carbocycles. The molecule has 9 rings (SSSR count). The number of likely N-dealkylation sites (tertiary alicyclic amines) is 1. The van der Waals surface area contributed by atoms with Gasteiger partial charge in [-0.2, -0.15) is 17.6 Å². The van der Waals surface area contributed by atoms with Gasteiger partial charge >= 0.3 is 12.9 Å². The fourth-order valence-electron chi connectivity index (χ4n) is 9.39. The maximum absolute atomic E-state index is 14.1. The largest absolute Gasteiger partial charge is 0.415 e. The van der Waals surface area contributed by atoms with E-state index < -0.39 is 55.2 Å². The Balaban J connectivity index is 0.000000194. The highest BCUT2D eigenvalue weighted by Crippen LogP contribution is 2.34. The summed E-state index contributed by atoms with van der Waals surface area (Å²) in [6.45, 7) is 7.44. The Labute approximate surface area is 416 Å². The van der Waals surface area contributed by atoms with E-state index >= 15 is 0 Å². The summed E-state index contributed by atoms with van der Waals surface area (Å²) in [6.07, 6.45) is 1.54. The molecule has 0 amide bonds. The van der Waals surface area contributed by atoms with Crippen LogP contribution in [0, 0.1) is 12.8 Å². The number of anilines is 2. The monoisotopic (exact) mass is 1040 g/mol. The minimum Gasteiger partial charge on any atom is -0.415 e. The number of piperidine rings is 2. The van der Waals surface area contributed by atoms with Crippen molar-refractivity contribution in [1.82, 2.24) is 30.6 Å². The molecular weight excluding hydrogens is 984 g/mol. The first-order chi connectivity index (χ1) is 34.0. The lowest BCUT2D eigenvalue weighted by Gasteiger charge is -2.41. The highest BCUT2D eigenvalue weighted by molar-refractivity contribution is 7.93. The van der Waals surface area contributed by atoms with Crippen molar-refractivity contribution in [2.45, 2.75) is 108 Å². The van der Waals surface area contributed by atoms with Crippen molar-refractivity contribution >= 4 is 43.0 Å². The second-order valence-corrected chi connectivity index (χ2v) is 23.1. The maximum Gasteiger partial charge on any atom is 0.314 e. The number of nitrogens with zero attached hydrogens (tertiary/aromatic N) is 7. The van der Waals surface area contributed by atoms with Crippen molar-refractivity contribution in [3.63, 3.8) is 0 Å². The molecule has 1 aliphatic carbocycles. The van der Waals surface area contributed by atoms with Gasteiger partial charge in [0.05, 0.1) is 35.0 Å². The molecule has 0 bridgehead atoms. The number of alkyl halides is 4. The molecule has 0 spiro atoms. The molecule has 0 unspecified atom stereocenters. The molecule has 2 saturated heterocycles. The summed E-state index contributed by atoms with van der Waals surface area (Å²) in [7, 11) is -7.29. The van der Waals surface area contributed by atoms with E-state index in [2.05, 4.69) is 37.5 Å². The fraction of sp³-hybridized carbons (Fsp3) is 0.440. The highest BCUT2D eigenvalue weighted by atomic mass is 35.5. The lowest BCUT2D eigenvalue weighted by Crippen LogP contribution is -2.48. The van der Waals surface area contributed by atoms with Gasteiger partial charge < -0.3 is 19.1 Å². The minimum atomic E-state index is -3.65. The van der Waals surface area contributed by atoms with Crippen LogP contribution in [-0.4, -0.2) is 84.9 Å². The van der Waals surface area contributed by atoms with E-state index in [1.807, 2.05) is 31.2 Å². The zero-order chi connectivity index (χ0) is 50.3. The molecule has 380 valence electrons. The normalized spacial score (nSPS) is 18.6. The summed E-state index contributed by atoms with van der Waals surface area (Å²) in [6, 6.07) is 28.4. The summed E-state index contributed by atoms with van der Waals surface area (Å²) in [4.78, 5) is 2.50. The number of hydrogen-bond acceptors (Lipinski definition) is 12. The quantitative estimate of drug-likeness (QED) is 0.0968. The van der Waals surface area contributed by atoms with Crippen LogP contribution in [0.15, 0.2) is 106 Å². The van der Waals surface area contributed by atoms with Crippen LogP contribution in [0.1, 0.15) is 99.6 Å². The lowest BCUT2D eigenvalue weighted by atomic mass is 9.86. The van der Waals surface area contributed by atoms with Gasteiger partial charge in [0.15, 0.2) is 0 Å². The van der Waals surface area contributed by atoms with E-state index in [4.69, 9.17) is 20.4 Å². The molecule has 2 aromatic heterocycles. The second-order valence-electron chi connectivity index (χ2n) is 18.4. The molecule has 3 fully saturated rings. The predicted molar refractivity (Wildman–Crippen MR) is 264 cm³/mol. The summed E-state index contributed by atoms with van der Waals surface area (Å²) in [5, 5.41) is 16.7. The van der Waals surface area contributed by atoms with E-state index in [-0.39, 0.29) is 24.9 Å². The fourth-order valence-corrected chi connectivity index (χ4v) is 13.4. The Hall–Kier alpha value is -5.41. The molecule has 71 heavy (non-hydrogen) atoms. The van der Waals surface area contributed by atoms with Crippen molar-refractivity contribution in [2.75, 3.05) is 34.8 Å². The molecular formula is C50H57ClF4N8O6S2. The van der Waals surface area contributed by atoms with Crippen molar-refractivity contribution in [1.29, 1.82) is 0 Å². The van der Waals surface area contributed by atoms with Crippen molar-refractivity contribution in [2.24, 2.45) is 5.92 Å². The van der Waals surface area contributed by atoms with Gasteiger partial charge in [-0.05, 0) is 162 Å². The molecule has 1 N–H and O–H groups in total. The van der Waals surface area contributed by atoms with Crippen molar-refractivity contribution < 1.29 is 43.2 Å². The number of sulfonamides is 2. The van der Waals surface area contributed by atoms with Crippen LogP contribution in [0.5, 0.6) is 0 Å². The van der Waals surface area contributed by atoms with Crippen molar-refractivity contribution in [3.05, 3.63) is 131 Å². The van der Waals surface area contributed by atoms with Gasteiger partial charge in [-0.1, -0.05) is 61.0 Å². The van der Waals surface area contributed by atoms with Gasteiger partial charge in [0.2, 0.25) is 31.8 Å². The van der Waals surface area contributed by atoms with Gasteiger partial charge in [0, 0.05) is 22.2 Å². The number of aromatic nitrogens is 4. The first kappa shape index (κ1) is 51.9. The Morgan fingerprint density at radius 2 is 1.10 bits per heavy atom. The molecule has 0 radical (unpaired) electrons. The Bertz CT molecular complexity index is 2910. The Morgan fingerprint density at radius 1 is 0.634 bits per heavy atom. The van der Waals surface area contributed by atoms with E-state index in [1.54, 1.807) is 72.8 Å². The van der Waals surface area contributed by atoms with Crippen LogP contribution in [0.3, 0.4) is 0 Å². The first-order valence-electron chi connectivity index (χ1n) is 23.8. The van der Waals surface area contributed by atoms with Gasteiger partial charge in [-0.15, -0.1) is 20.4 Å². The standard InChI is InChI=1S/C29H36F2N4O3S.C21H21ClF2N4O3S/c1-20-6-12-24(13-7-20)34-16-14-26(15-17-34)39(36,37)35(25-5-3-4-21(2)18-25)19-22-8-10-23(11-9-22)28-32-33-29(38-28)27(30)31;22-16-2-1-3-17(12-16)28(32(29,30)18-8-10-25-11-9-18)13-14-4-6-15(7-5-14)20-26-27-21(31-20)19(23)24/h3-5,8-11,18,20,24,26-27H,6-7,12-17,19H2,1-2H3;1-7,12,18-19,25H,8-11,13H2. The summed E-state index contributed by atoms with van der Waals surface area (Å²) >= 11 is 6.13. The number of rotatable bonds is 15. The second kappa shape index (κ2) is 23.0. The number of benzene rings is 4. The first-order valence-corrected chi connectivity index (χ1v) is 27.2. The highest BCUT2D eigenvalue weighted by Gasteiger charge is 2.38. The van der Waals surface area contributed by atoms with Crippen molar-refractivity contribution in [3.8, 4) is 22.9 Å². The lowest BCUT2D eigenvalue weighted by molar-refractivity contribution is 0.115. The average Bonchev–Trinajstić information content (AvgIpc) is 4.09. The summed E-state index contributed by atoms with van der Waals surface area (Å²) in [5.74, 6) is -0.711. The van der Waals surface area contributed by atoms with Crippen LogP contribution in [0.4, 0.5) is 28.9 Å². The third-order valence-electron chi connectivity index (χ3n) is 13.4. The topological polar surface area (TPSA) is 168 Å². The van der Waals surface area contributed by atoms with E-state index in [0.29, 0.717) is 77.9 Å². The molecule has 0 atom stereocenters. The zero-order valence-electron chi connectivity index (χ0n) is 39.4. The molecule has 21 heteroatoms. The van der Waals surface area contributed by atoms with Crippen LogP contribution < -0.4 is 13.9 Å². The van der Waals surface area contributed by atoms with Gasteiger partial charge in [0.1, 0.15) is 0 Å². The van der Waals surface area contributed by atoms with Gasteiger partial charge in [-0.3, -0.25) is 8.61 Å². The number of nitrogens with one attached hydrogen (secondary N) is 1. The van der Waals surface area contributed by atoms with E-state index in [9.17, 15) is 34.4 Å². The Kier molecular flexibility index (Phi) is 16.8. The number of aryl methyl sites for hydroxylation is 1. The Morgan fingerprint density at radius 3 is 1.55 bits per heavy atom. The zero-order valence-corrected chi connectivity index (χ0v) is 41.8. The molecule has 3 aliphatic rings. The minimum absolute atomic E-state index is 0.000745. The molecule has 4 heterocycles. The van der Waals surface area contributed by atoms with Crippen LogP contribution in [0.25, 0.3) is 22.9 Å². The smallest absolute Gasteiger partial charge is 0.314 e. The van der Waals surface area contributed by atoms with Crippen LogP contribution >= 0.6 is 11.6 Å². The predicted octanol–water partition coefficient (Wildman–Crippen LogP) is 10.8. The molecule has 2 aliphatic heterocycles. The maximum atomic E-state index is 14.1. The molecule has 1 saturated carbocycles. The van der Waals surface area contributed by atoms with Gasteiger partial charge in [-0.25, -0.2) is 16.8 Å². The van der Waals surface area contributed by atoms with Crippen LogP contribution in [0.2, 0.25) is 5.02 Å². The number of halogens is 5. The SMILES string of the molecule is Cc1cccc(N(Cc2ccc(-c3nnc(C(F)F)o3)cc2)S(=O)(=O)C2CCN(C3CCC(C)CC3)CC2)c1.O=S(=O)(C1CCNCC1)N(Cc1ccc(-c2nnc(C(F)F)o2)cc1)c1cccc(Cl)c1. The van der Waals surface area contributed by atoms with Gasteiger partial charge in [0.25, 0.3) is 11.8 Å².